The third-order valence-corrected chi connectivity index (χ3v) is 3.59. The minimum Gasteiger partial charge on any atom is -0.369 e. The molecule has 1 aliphatic rings. The van der Waals surface area contributed by atoms with Crippen molar-refractivity contribution in [2.24, 2.45) is 11.7 Å². The summed E-state index contributed by atoms with van der Waals surface area (Å²) in [6.07, 6.45) is 5.61. The first kappa shape index (κ1) is 10.4. The van der Waals surface area contributed by atoms with E-state index in [2.05, 4.69) is 10.3 Å². The van der Waals surface area contributed by atoms with Crippen LogP contribution in [0.4, 0.5) is 5.13 Å². The van der Waals surface area contributed by atoms with Gasteiger partial charge < -0.3 is 11.1 Å². The number of aromatic nitrogens is 1. The van der Waals surface area contributed by atoms with Crippen molar-refractivity contribution in [1.82, 2.24) is 4.98 Å². The standard InChI is InChI=1S/C10H15N3OS/c11-9(14)7-1-3-8(4-2-7)13-10-12-5-6-15-10/h5-8H,1-4H2,(H2,11,14)(H,12,13)/t7-,8+. The second-order valence-electron chi connectivity index (χ2n) is 3.93. The number of anilines is 1. The van der Waals surface area contributed by atoms with Gasteiger partial charge in [0.2, 0.25) is 5.91 Å². The van der Waals surface area contributed by atoms with Crippen LogP contribution in [0, 0.1) is 5.92 Å². The smallest absolute Gasteiger partial charge is 0.220 e. The molecular weight excluding hydrogens is 210 g/mol. The number of hydrogen-bond acceptors (Lipinski definition) is 4. The molecule has 1 aromatic rings. The number of nitrogens with zero attached hydrogens (tertiary/aromatic N) is 1. The highest BCUT2D eigenvalue weighted by Crippen LogP contribution is 2.26. The Bertz CT molecular complexity index is 317. The first-order valence-electron chi connectivity index (χ1n) is 5.21. The molecular formula is C10H15N3OS. The molecule has 15 heavy (non-hydrogen) atoms. The van der Waals surface area contributed by atoms with Gasteiger partial charge in [-0.25, -0.2) is 4.98 Å². The van der Waals surface area contributed by atoms with Crippen molar-refractivity contribution in [2.75, 3.05) is 5.32 Å². The van der Waals surface area contributed by atoms with Crippen LogP contribution in [0.3, 0.4) is 0 Å². The summed E-state index contributed by atoms with van der Waals surface area (Å²) < 4.78 is 0. The highest BCUT2D eigenvalue weighted by Gasteiger charge is 2.24. The molecule has 0 aromatic carbocycles. The summed E-state index contributed by atoms with van der Waals surface area (Å²) in [6, 6.07) is 0.451. The number of primary amides is 1. The summed E-state index contributed by atoms with van der Waals surface area (Å²) in [4.78, 5) is 15.1. The number of hydrogen-bond donors (Lipinski definition) is 2. The average Bonchev–Trinajstić information content (AvgIpc) is 2.71. The van der Waals surface area contributed by atoms with E-state index in [1.54, 1.807) is 17.5 Å². The summed E-state index contributed by atoms with van der Waals surface area (Å²) in [7, 11) is 0. The van der Waals surface area contributed by atoms with E-state index < -0.39 is 0 Å². The Labute approximate surface area is 92.9 Å². The summed E-state index contributed by atoms with van der Waals surface area (Å²) in [5.74, 6) is -0.0676. The van der Waals surface area contributed by atoms with Gasteiger partial charge in [0, 0.05) is 23.5 Å². The highest BCUT2D eigenvalue weighted by atomic mass is 32.1. The van der Waals surface area contributed by atoms with Gasteiger partial charge in [0.25, 0.3) is 0 Å². The lowest BCUT2D eigenvalue weighted by molar-refractivity contribution is -0.122. The molecule has 0 bridgehead atoms. The lowest BCUT2D eigenvalue weighted by Crippen LogP contribution is -2.32. The van der Waals surface area contributed by atoms with E-state index in [4.69, 9.17) is 5.73 Å². The molecule has 0 radical (unpaired) electrons. The Morgan fingerprint density at radius 3 is 2.73 bits per heavy atom. The van der Waals surface area contributed by atoms with Gasteiger partial charge in [0.1, 0.15) is 0 Å². The van der Waals surface area contributed by atoms with Gasteiger partial charge in [0.15, 0.2) is 5.13 Å². The van der Waals surface area contributed by atoms with Gasteiger partial charge in [-0.1, -0.05) is 0 Å². The summed E-state index contributed by atoms with van der Waals surface area (Å²) in [5.41, 5.74) is 5.28. The number of amides is 1. The largest absolute Gasteiger partial charge is 0.369 e. The molecule has 5 heteroatoms. The van der Waals surface area contributed by atoms with Crippen LogP contribution in [-0.4, -0.2) is 16.9 Å². The summed E-state index contributed by atoms with van der Waals surface area (Å²) >= 11 is 1.61. The molecule has 0 atom stereocenters. The molecule has 3 N–H and O–H groups in total. The van der Waals surface area contributed by atoms with Crippen LogP contribution >= 0.6 is 11.3 Å². The van der Waals surface area contributed by atoms with Crippen LogP contribution in [0.15, 0.2) is 11.6 Å². The molecule has 1 aliphatic carbocycles. The maximum absolute atomic E-state index is 11.0. The quantitative estimate of drug-likeness (QED) is 0.821. The Hall–Kier alpha value is -1.10. The van der Waals surface area contributed by atoms with Crippen molar-refractivity contribution >= 4 is 22.4 Å². The molecule has 0 unspecified atom stereocenters. The fourth-order valence-electron chi connectivity index (χ4n) is 1.99. The minimum atomic E-state index is -0.150. The topological polar surface area (TPSA) is 68.0 Å². The molecule has 82 valence electrons. The number of nitrogens with one attached hydrogen (secondary N) is 1. The van der Waals surface area contributed by atoms with Crippen molar-refractivity contribution in [3.63, 3.8) is 0 Å². The molecule has 1 aromatic heterocycles. The van der Waals surface area contributed by atoms with Crippen molar-refractivity contribution < 1.29 is 4.79 Å². The Morgan fingerprint density at radius 2 is 2.20 bits per heavy atom. The van der Waals surface area contributed by atoms with Gasteiger partial charge in [-0.15, -0.1) is 11.3 Å². The molecule has 1 fully saturated rings. The molecule has 1 amide bonds. The van der Waals surface area contributed by atoms with E-state index >= 15 is 0 Å². The molecule has 4 nitrogen and oxygen atoms in total. The predicted octanol–water partition coefficient (Wildman–Crippen LogP) is 1.60. The Kier molecular flexibility index (Phi) is 3.20. The van der Waals surface area contributed by atoms with E-state index in [1.165, 1.54) is 0 Å². The predicted molar refractivity (Wildman–Crippen MR) is 60.7 cm³/mol. The maximum Gasteiger partial charge on any atom is 0.220 e. The number of rotatable bonds is 3. The zero-order valence-electron chi connectivity index (χ0n) is 8.48. The highest BCUT2D eigenvalue weighted by molar-refractivity contribution is 7.13. The number of carbonyl (C=O) groups is 1. The van der Waals surface area contributed by atoms with Crippen LogP contribution < -0.4 is 11.1 Å². The van der Waals surface area contributed by atoms with Crippen molar-refractivity contribution in [2.45, 2.75) is 31.7 Å². The van der Waals surface area contributed by atoms with E-state index in [1.807, 2.05) is 5.38 Å². The fraction of sp³-hybridized carbons (Fsp3) is 0.600. The zero-order chi connectivity index (χ0) is 10.7. The van der Waals surface area contributed by atoms with E-state index in [-0.39, 0.29) is 11.8 Å². The molecule has 0 saturated heterocycles. The molecule has 1 saturated carbocycles. The van der Waals surface area contributed by atoms with Crippen LogP contribution in [0.5, 0.6) is 0 Å². The first-order chi connectivity index (χ1) is 7.25. The second-order valence-corrected chi connectivity index (χ2v) is 4.83. The average molecular weight is 225 g/mol. The Balaban J connectivity index is 1.81. The third kappa shape index (κ3) is 2.68. The number of carbonyl (C=O) groups excluding carboxylic acids is 1. The Morgan fingerprint density at radius 1 is 1.47 bits per heavy atom. The van der Waals surface area contributed by atoms with Gasteiger partial charge in [-0.3, -0.25) is 4.79 Å². The third-order valence-electron chi connectivity index (χ3n) is 2.89. The number of thiazole rings is 1. The number of nitrogens with two attached hydrogens (primary N) is 1. The van der Waals surface area contributed by atoms with E-state index in [0.717, 1.165) is 30.8 Å². The van der Waals surface area contributed by atoms with Crippen LogP contribution in [0.25, 0.3) is 0 Å². The van der Waals surface area contributed by atoms with Crippen molar-refractivity contribution in [3.8, 4) is 0 Å². The minimum absolute atomic E-state index is 0.0827. The SMILES string of the molecule is NC(=O)[C@H]1CC[C@@H](Nc2nccs2)CC1. The molecule has 1 heterocycles. The molecule has 0 spiro atoms. The van der Waals surface area contributed by atoms with Gasteiger partial charge >= 0.3 is 0 Å². The molecule has 2 rings (SSSR count). The second kappa shape index (κ2) is 4.61. The van der Waals surface area contributed by atoms with E-state index in [9.17, 15) is 4.79 Å². The molecule has 0 aliphatic heterocycles. The van der Waals surface area contributed by atoms with Gasteiger partial charge in [0.05, 0.1) is 0 Å². The van der Waals surface area contributed by atoms with Crippen LogP contribution in [-0.2, 0) is 4.79 Å². The summed E-state index contributed by atoms with van der Waals surface area (Å²) in [6.45, 7) is 0. The first-order valence-corrected chi connectivity index (χ1v) is 6.09. The monoisotopic (exact) mass is 225 g/mol. The van der Waals surface area contributed by atoms with Gasteiger partial charge in [-0.2, -0.15) is 0 Å². The van der Waals surface area contributed by atoms with E-state index in [0.29, 0.717) is 6.04 Å². The van der Waals surface area contributed by atoms with Crippen molar-refractivity contribution in [1.29, 1.82) is 0 Å². The zero-order valence-corrected chi connectivity index (χ0v) is 9.30. The lowest BCUT2D eigenvalue weighted by Gasteiger charge is -2.27. The maximum atomic E-state index is 11.0. The van der Waals surface area contributed by atoms with Gasteiger partial charge in [-0.05, 0) is 25.7 Å². The lowest BCUT2D eigenvalue weighted by atomic mass is 9.86. The fourth-order valence-corrected chi connectivity index (χ4v) is 2.60. The summed E-state index contributed by atoms with van der Waals surface area (Å²) in [5, 5.41) is 6.30. The van der Waals surface area contributed by atoms with Crippen molar-refractivity contribution in [3.05, 3.63) is 11.6 Å². The van der Waals surface area contributed by atoms with Crippen LogP contribution in [0.2, 0.25) is 0 Å². The van der Waals surface area contributed by atoms with Crippen LogP contribution in [0.1, 0.15) is 25.7 Å². The normalized spacial score (nSPS) is 26.1.